The van der Waals surface area contributed by atoms with Crippen LogP contribution in [-0.4, -0.2) is 18.2 Å². The molecule has 1 unspecified atom stereocenters. The van der Waals surface area contributed by atoms with Crippen LogP contribution >= 0.6 is 0 Å². The van der Waals surface area contributed by atoms with Crippen LogP contribution in [-0.2, 0) is 9.59 Å². The molecule has 1 N–H and O–H groups in total. The quantitative estimate of drug-likeness (QED) is 0.602. The average molecular weight is 157 g/mol. The first kappa shape index (κ1) is 10.1. The van der Waals surface area contributed by atoms with Crippen molar-refractivity contribution in [3.8, 4) is 0 Å². The van der Waals surface area contributed by atoms with E-state index >= 15 is 0 Å². The van der Waals surface area contributed by atoms with Gasteiger partial charge in [-0.3, -0.25) is 4.79 Å². The number of unbranched alkanes of at least 4 members (excludes halogenated alkanes) is 1. The monoisotopic (exact) mass is 157 g/mol. The highest BCUT2D eigenvalue weighted by molar-refractivity contribution is 5.77. The molecular weight excluding hydrogens is 142 g/mol. The van der Waals surface area contributed by atoms with Crippen LogP contribution in [0.5, 0.6) is 0 Å². The predicted molar refractivity (Wildman–Crippen MR) is 43.2 cm³/mol. The van der Waals surface area contributed by atoms with Crippen LogP contribution in [0.15, 0.2) is 0 Å². The molecule has 0 bridgehead atoms. The Hall–Kier alpha value is -0.860. The van der Waals surface area contributed by atoms with Gasteiger partial charge in [0.15, 0.2) is 0 Å². The number of aldehydes is 1. The third-order valence-corrected chi connectivity index (χ3v) is 1.42. The van der Waals surface area contributed by atoms with E-state index in [1.807, 2.05) is 0 Å². The van der Waals surface area contributed by atoms with E-state index in [1.165, 1.54) is 6.92 Å². The van der Waals surface area contributed by atoms with E-state index in [0.717, 1.165) is 25.5 Å². The van der Waals surface area contributed by atoms with Crippen molar-refractivity contribution in [1.82, 2.24) is 5.32 Å². The maximum Gasteiger partial charge on any atom is 0.217 e. The van der Waals surface area contributed by atoms with Crippen molar-refractivity contribution >= 4 is 12.2 Å². The zero-order chi connectivity index (χ0) is 8.69. The maximum absolute atomic E-state index is 10.5. The van der Waals surface area contributed by atoms with E-state index in [2.05, 4.69) is 12.2 Å². The molecule has 11 heavy (non-hydrogen) atoms. The lowest BCUT2D eigenvalue weighted by molar-refractivity contribution is -0.122. The summed E-state index contributed by atoms with van der Waals surface area (Å²) in [5.74, 6) is -0.141. The van der Waals surface area contributed by atoms with E-state index in [0.29, 0.717) is 0 Å². The molecule has 0 saturated heterocycles. The van der Waals surface area contributed by atoms with Crippen molar-refractivity contribution in [2.45, 2.75) is 39.2 Å². The summed E-state index contributed by atoms with van der Waals surface area (Å²) >= 11 is 0. The highest BCUT2D eigenvalue weighted by Gasteiger charge is 2.05. The van der Waals surface area contributed by atoms with Gasteiger partial charge in [-0.1, -0.05) is 19.8 Å². The summed E-state index contributed by atoms with van der Waals surface area (Å²) in [4.78, 5) is 20.8. The fraction of sp³-hybridized carbons (Fsp3) is 0.750. The Morgan fingerprint density at radius 3 is 2.64 bits per heavy atom. The molecule has 1 atom stereocenters. The molecule has 0 spiro atoms. The SMILES string of the molecule is CCCCC(C=O)NC(C)=O. The summed E-state index contributed by atoms with van der Waals surface area (Å²) < 4.78 is 0. The van der Waals surface area contributed by atoms with Crippen LogP contribution in [0.25, 0.3) is 0 Å². The number of rotatable bonds is 5. The Kier molecular flexibility index (Phi) is 5.43. The van der Waals surface area contributed by atoms with Crippen LogP contribution in [0.3, 0.4) is 0 Å². The molecule has 0 rings (SSSR count). The van der Waals surface area contributed by atoms with Crippen molar-refractivity contribution in [1.29, 1.82) is 0 Å². The first-order valence-corrected chi connectivity index (χ1v) is 3.93. The Labute approximate surface area is 67.2 Å². The molecule has 1 amide bonds. The third-order valence-electron chi connectivity index (χ3n) is 1.42. The van der Waals surface area contributed by atoms with Crippen LogP contribution in [0.1, 0.15) is 33.1 Å². The van der Waals surface area contributed by atoms with E-state index in [1.54, 1.807) is 0 Å². The molecule has 0 aromatic heterocycles. The van der Waals surface area contributed by atoms with Gasteiger partial charge in [-0.25, -0.2) is 0 Å². The molecule has 3 nitrogen and oxygen atoms in total. The van der Waals surface area contributed by atoms with Gasteiger partial charge in [0.25, 0.3) is 0 Å². The highest BCUT2D eigenvalue weighted by Crippen LogP contribution is 1.97. The first-order valence-electron chi connectivity index (χ1n) is 3.93. The third kappa shape index (κ3) is 5.58. The largest absolute Gasteiger partial charge is 0.347 e. The molecule has 0 aromatic carbocycles. The maximum atomic E-state index is 10.5. The van der Waals surface area contributed by atoms with Crippen molar-refractivity contribution in [2.75, 3.05) is 0 Å². The zero-order valence-electron chi connectivity index (χ0n) is 7.09. The summed E-state index contributed by atoms with van der Waals surface area (Å²) in [6.45, 7) is 3.47. The van der Waals surface area contributed by atoms with Crippen LogP contribution in [0, 0.1) is 0 Å². The average Bonchev–Trinajstić information content (AvgIpc) is 1.97. The number of nitrogens with one attached hydrogen (secondary N) is 1. The Balaban J connectivity index is 3.57. The molecule has 0 aliphatic rings. The smallest absolute Gasteiger partial charge is 0.217 e. The number of carbonyl (C=O) groups excluding carboxylic acids is 2. The van der Waals surface area contributed by atoms with Gasteiger partial charge >= 0.3 is 0 Å². The Morgan fingerprint density at radius 2 is 2.27 bits per heavy atom. The second-order valence-electron chi connectivity index (χ2n) is 2.59. The molecule has 0 fully saturated rings. The van der Waals surface area contributed by atoms with Crippen molar-refractivity contribution in [2.24, 2.45) is 0 Å². The summed E-state index contributed by atoms with van der Waals surface area (Å²) in [6.07, 6.45) is 3.56. The standard InChI is InChI=1S/C8H15NO2/c1-3-4-5-8(6-10)9-7(2)11/h6,8H,3-5H2,1-2H3,(H,9,11). The van der Waals surface area contributed by atoms with E-state index in [9.17, 15) is 9.59 Å². The van der Waals surface area contributed by atoms with Gasteiger partial charge in [-0.05, 0) is 6.42 Å². The minimum atomic E-state index is -0.285. The van der Waals surface area contributed by atoms with E-state index in [4.69, 9.17) is 0 Å². The molecule has 64 valence electrons. The lowest BCUT2D eigenvalue weighted by atomic mass is 10.1. The highest BCUT2D eigenvalue weighted by atomic mass is 16.2. The second kappa shape index (κ2) is 5.89. The predicted octanol–water partition coefficient (Wildman–Crippen LogP) is 0.880. The summed E-state index contributed by atoms with van der Waals surface area (Å²) in [5, 5.41) is 2.56. The summed E-state index contributed by atoms with van der Waals surface area (Å²) in [5.41, 5.74) is 0. The summed E-state index contributed by atoms with van der Waals surface area (Å²) in [6, 6.07) is -0.285. The van der Waals surface area contributed by atoms with Crippen molar-refractivity contribution < 1.29 is 9.59 Å². The van der Waals surface area contributed by atoms with Gasteiger partial charge in [0.1, 0.15) is 6.29 Å². The lowest BCUT2D eigenvalue weighted by Gasteiger charge is -2.09. The minimum absolute atomic E-state index is 0.141. The summed E-state index contributed by atoms with van der Waals surface area (Å²) in [7, 11) is 0. The number of amides is 1. The molecule has 0 radical (unpaired) electrons. The van der Waals surface area contributed by atoms with Gasteiger partial charge < -0.3 is 10.1 Å². The second-order valence-corrected chi connectivity index (χ2v) is 2.59. The molecule has 3 heteroatoms. The molecular formula is C8H15NO2. The normalized spacial score (nSPS) is 12.2. The van der Waals surface area contributed by atoms with E-state index in [-0.39, 0.29) is 11.9 Å². The van der Waals surface area contributed by atoms with Crippen LogP contribution in [0.2, 0.25) is 0 Å². The fourth-order valence-corrected chi connectivity index (χ4v) is 0.859. The zero-order valence-corrected chi connectivity index (χ0v) is 7.09. The molecule has 0 aliphatic heterocycles. The van der Waals surface area contributed by atoms with Gasteiger partial charge in [-0.15, -0.1) is 0 Å². The van der Waals surface area contributed by atoms with E-state index < -0.39 is 0 Å². The lowest BCUT2D eigenvalue weighted by Crippen LogP contribution is -2.34. The molecule has 0 heterocycles. The first-order chi connectivity index (χ1) is 5.20. The molecule has 0 saturated carbocycles. The molecule has 0 aromatic rings. The van der Waals surface area contributed by atoms with Crippen molar-refractivity contribution in [3.05, 3.63) is 0 Å². The van der Waals surface area contributed by atoms with Crippen LogP contribution in [0.4, 0.5) is 0 Å². The Morgan fingerprint density at radius 1 is 1.64 bits per heavy atom. The number of hydrogen-bond acceptors (Lipinski definition) is 2. The van der Waals surface area contributed by atoms with Crippen molar-refractivity contribution in [3.63, 3.8) is 0 Å². The van der Waals surface area contributed by atoms with Gasteiger partial charge in [-0.2, -0.15) is 0 Å². The van der Waals surface area contributed by atoms with Crippen LogP contribution < -0.4 is 5.32 Å². The number of carbonyl (C=O) groups is 2. The van der Waals surface area contributed by atoms with Gasteiger partial charge in [0.05, 0.1) is 6.04 Å². The minimum Gasteiger partial charge on any atom is -0.347 e. The molecule has 0 aliphatic carbocycles. The number of hydrogen-bond donors (Lipinski definition) is 1. The fourth-order valence-electron chi connectivity index (χ4n) is 0.859. The van der Waals surface area contributed by atoms with Gasteiger partial charge in [0, 0.05) is 6.92 Å². The Bertz CT molecular complexity index is 134. The topological polar surface area (TPSA) is 46.2 Å². The van der Waals surface area contributed by atoms with Gasteiger partial charge in [0.2, 0.25) is 5.91 Å².